The van der Waals surface area contributed by atoms with Gasteiger partial charge in [-0.25, -0.2) is 0 Å². The van der Waals surface area contributed by atoms with Crippen LogP contribution in [0.4, 0.5) is 0 Å². The molecular formula is C18H28. The van der Waals surface area contributed by atoms with E-state index in [0.717, 1.165) is 17.8 Å². The third kappa shape index (κ3) is 2.96. The fourth-order valence-corrected chi connectivity index (χ4v) is 3.34. The zero-order valence-electron chi connectivity index (χ0n) is 12.3. The molecule has 100 valence electrons. The van der Waals surface area contributed by atoms with Crippen molar-refractivity contribution in [2.24, 2.45) is 5.92 Å². The van der Waals surface area contributed by atoms with Crippen molar-refractivity contribution < 1.29 is 0 Å². The molecule has 0 nitrogen and oxygen atoms in total. The van der Waals surface area contributed by atoms with Crippen molar-refractivity contribution in [3.8, 4) is 0 Å². The van der Waals surface area contributed by atoms with Crippen LogP contribution in [0.25, 0.3) is 0 Å². The zero-order valence-corrected chi connectivity index (χ0v) is 12.3. The van der Waals surface area contributed by atoms with Gasteiger partial charge in [-0.1, -0.05) is 57.9 Å². The fourth-order valence-electron chi connectivity index (χ4n) is 3.34. The third-order valence-corrected chi connectivity index (χ3v) is 4.82. The number of rotatable bonds is 6. The highest BCUT2D eigenvalue weighted by Crippen LogP contribution is 2.43. The summed E-state index contributed by atoms with van der Waals surface area (Å²) in [5.74, 6) is 2.63. The molecule has 0 amide bonds. The van der Waals surface area contributed by atoms with Gasteiger partial charge in [-0.2, -0.15) is 0 Å². The van der Waals surface area contributed by atoms with Gasteiger partial charge in [-0.05, 0) is 54.6 Å². The molecule has 0 aliphatic heterocycles. The maximum atomic E-state index is 2.39. The van der Waals surface area contributed by atoms with Crippen LogP contribution in [-0.4, -0.2) is 0 Å². The minimum absolute atomic E-state index is 0.772. The summed E-state index contributed by atoms with van der Waals surface area (Å²) < 4.78 is 0. The largest absolute Gasteiger partial charge is 0.0654 e. The van der Waals surface area contributed by atoms with Crippen LogP contribution in [0.15, 0.2) is 24.3 Å². The number of hydrogen-bond acceptors (Lipinski definition) is 0. The summed E-state index contributed by atoms with van der Waals surface area (Å²) in [7, 11) is 0. The third-order valence-electron chi connectivity index (χ3n) is 4.82. The van der Waals surface area contributed by atoms with Crippen LogP contribution >= 0.6 is 0 Å². The van der Waals surface area contributed by atoms with Crippen molar-refractivity contribution in [3.63, 3.8) is 0 Å². The van der Waals surface area contributed by atoms with Gasteiger partial charge < -0.3 is 0 Å². The molecule has 0 heterocycles. The molecule has 1 aromatic carbocycles. The molecule has 0 N–H and O–H groups in total. The van der Waals surface area contributed by atoms with Gasteiger partial charge in [0.1, 0.15) is 0 Å². The first-order chi connectivity index (χ1) is 8.78. The van der Waals surface area contributed by atoms with Gasteiger partial charge in [0.15, 0.2) is 0 Å². The van der Waals surface area contributed by atoms with Gasteiger partial charge in [0.25, 0.3) is 0 Å². The van der Waals surface area contributed by atoms with Gasteiger partial charge >= 0.3 is 0 Å². The van der Waals surface area contributed by atoms with Crippen LogP contribution in [-0.2, 0) is 0 Å². The second-order valence-corrected chi connectivity index (χ2v) is 6.00. The molecule has 0 heteroatoms. The molecule has 1 aliphatic carbocycles. The smallest absolute Gasteiger partial charge is 0.0157 e. The Morgan fingerprint density at radius 1 is 1.06 bits per heavy atom. The van der Waals surface area contributed by atoms with Crippen molar-refractivity contribution in [2.45, 2.75) is 71.1 Å². The summed E-state index contributed by atoms with van der Waals surface area (Å²) in [6.45, 7) is 6.92. The molecule has 0 saturated heterocycles. The second-order valence-electron chi connectivity index (χ2n) is 6.00. The molecule has 0 aromatic heterocycles. The van der Waals surface area contributed by atoms with E-state index in [4.69, 9.17) is 0 Å². The van der Waals surface area contributed by atoms with E-state index in [0.29, 0.717) is 0 Å². The van der Waals surface area contributed by atoms with E-state index < -0.39 is 0 Å². The molecule has 1 unspecified atom stereocenters. The normalized spacial score (nSPS) is 24.6. The molecule has 0 spiro atoms. The van der Waals surface area contributed by atoms with Gasteiger partial charge in [0.05, 0.1) is 0 Å². The first-order valence-corrected chi connectivity index (χ1v) is 7.88. The molecule has 1 atom stereocenters. The SMILES string of the molecule is CCCC(CC)c1ccc(C2CC(CC)C2)cc1. The Morgan fingerprint density at radius 2 is 1.72 bits per heavy atom. The Hall–Kier alpha value is -0.780. The van der Waals surface area contributed by atoms with Crippen LogP contribution in [0.1, 0.15) is 82.3 Å². The first-order valence-electron chi connectivity index (χ1n) is 7.88. The minimum atomic E-state index is 0.772. The molecule has 1 saturated carbocycles. The van der Waals surface area contributed by atoms with Crippen molar-refractivity contribution in [3.05, 3.63) is 35.4 Å². The van der Waals surface area contributed by atoms with E-state index >= 15 is 0 Å². The van der Waals surface area contributed by atoms with Crippen LogP contribution < -0.4 is 0 Å². The Bertz CT molecular complexity index is 343. The maximum absolute atomic E-state index is 2.39. The molecule has 1 aliphatic rings. The molecule has 0 bridgehead atoms. The summed E-state index contributed by atoms with van der Waals surface area (Å²) in [6.07, 6.45) is 8.10. The molecule has 1 aromatic rings. The molecule has 2 rings (SSSR count). The summed E-state index contributed by atoms with van der Waals surface area (Å²) in [5.41, 5.74) is 3.13. The van der Waals surface area contributed by atoms with E-state index in [-0.39, 0.29) is 0 Å². The lowest BCUT2D eigenvalue weighted by Crippen LogP contribution is -2.20. The average molecular weight is 244 g/mol. The first kappa shape index (κ1) is 13.6. The summed E-state index contributed by atoms with van der Waals surface area (Å²) >= 11 is 0. The summed E-state index contributed by atoms with van der Waals surface area (Å²) in [4.78, 5) is 0. The molecule has 18 heavy (non-hydrogen) atoms. The predicted molar refractivity (Wildman–Crippen MR) is 80.1 cm³/mol. The lowest BCUT2D eigenvalue weighted by molar-refractivity contribution is 0.256. The Kier molecular flexibility index (Phi) is 4.86. The average Bonchev–Trinajstić information content (AvgIpc) is 2.36. The highest BCUT2D eigenvalue weighted by Gasteiger charge is 2.28. The van der Waals surface area contributed by atoms with Crippen molar-refractivity contribution >= 4 is 0 Å². The summed E-state index contributed by atoms with van der Waals surface area (Å²) in [5, 5.41) is 0. The van der Waals surface area contributed by atoms with E-state index in [1.807, 2.05) is 0 Å². The highest BCUT2D eigenvalue weighted by molar-refractivity contribution is 5.29. The van der Waals surface area contributed by atoms with Crippen molar-refractivity contribution in [1.82, 2.24) is 0 Å². The van der Waals surface area contributed by atoms with Gasteiger partial charge in [0, 0.05) is 0 Å². The lowest BCUT2D eigenvalue weighted by Gasteiger charge is -2.35. The quantitative estimate of drug-likeness (QED) is 0.586. The second kappa shape index (κ2) is 6.41. The highest BCUT2D eigenvalue weighted by atomic mass is 14.3. The monoisotopic (exact) mass is 244 g/mol. The molecule has 1 fully saturated rings. The molecule has 0 radical (unpaired) electrons. The van der Waals surface area contributed by atoms with E-state index in [1.165, 1.54) is 38.5 Å². The van der Waals surface area contributed by atoms with Crippen LogP contribution in [0.5, 0.6) is 0 Å². The summed E-state index contributed by atoms with van der Waals surface area (Å²) in [6, 6.07) is 9.56. The lowest BCUT2D eigenvalue weighted by atomic mass is 9.70. The van der Waals surface area contributed by atoms with Crippen LogP contribution in [0.2, 0.25) is 0 Å². The van der Waals surface area contributed by atoms with Crippen LogP contribution in [0.3, 0.4) is 0 Å². The van der Waals surface area contributed by atoms with Crippen LogP contribution in [0, 0.1) is 5.92 Å². The van der Waals surface area contributed by atoms with E-state index in [9.17, 15) is 0 Å². The topological polar surface area (TPSA) is 0 Å². The fraction of sp³-hybridized carbons (Fsp3) is 0.667. The maximum Gasteiger partial charge on any atom is -0.0157 e. The van der Waals surface area contributed by atoms with Crippen molar-refractivity contribution in [1.29, 1.82) is 0 Å². The van der Waals surface area contributed by atoms with Gasteiger partial charge in [-0.15, -0.1) is 0 Å². The van der Waals surface area contributed by atoms with Gasteiger partial charge in [0.2, 0.25) is 0 Å². The number of benzene rings is 1. The van der Waals surface area contributed by atoms with Crippen molar-refractivity contribution in [2.75, 3.05) is 0 Å². The van der Waals surface area contributed by atoms with E-state index in [1.54, 1.807) is 11.1 Å². The molecular weight excluding hydrogens is 216 g/mol. The van der Waals surface area contributed by atoms with Gasteiger partial charge in [-0.3, -0.25) is 0 Å². The Balaban J connectivity index is 1.97. The standard InChI is InChI=1S/C18H28/c1-4-7-15(6-3)16-8-10-17(11-9-16)18-12-14(5-2)13-18/h8-11,14-15,18H,4-7,12-13H2,1-3H3. The predicted octanol–water partition coefficient (Wildman–Crippen LogP) is 5.88. The number of hydrogen-bond donors (Lipinski definition) is 0. The zero-order chi connectivity index (χ0) is 13.0. The Morgan fingerprint density at radius 3 is 2.22 bits per heavy atom. The minimum Gasteiger partial charge on any atom is -0.0654 e. The Labute approximate surface area is 113 Å². The van der Waals surface area contributed by atoms with E-state index in [2.05, 4.69) is 45.0 Å².